The first-order valence-electron chi connectivity index (χ1n) is 9.65. The second kappa shape index (κ2) is 5.24. The first-order valence-corrected chi connectivity index (χ1v) is 9.65. The molecule has 24 heavy (non-hydrogen) atoms. The Morgan fingerprint density at radius 3 is 2.62 bits per heavy atom. The van der Waals surface area contributed by atoms with Crippen molar-refractivity contribution in [1.29, 1.82) is 0 Å². The second-order valence-corrected chi connectivity index (χ2v) is 9.46. The predicted molar refractivity (Wildman–Crippen MR) is 97.7 cm³/mol. The fourth-order valence-electron chi connectivity index (χ4n) is 6.39. The maximum Gasteiger partial charge on any atom is 0.119 e. The third-order valence-electron chi connectivity index (χ3n) is 7.23. The van der Waals surface area contributed by atoms with Crippen LogP contribution in [0.4, 0.5) is 0 Å². The van der Waals surface area contributed by atoms with Gasteiger partial charge in [0.05, 0.1) is 18.8 Å². The monoisotopic (exact) mass is 328 g/mol. The second-order valence-electron chi connectivity index (χ2n) is 9.46. The van der Waals surface area contributed by atoms with Crippen molar-refractivity contribution in [2.45, 2.75) is 83.3 Å². The van der Waals surface area contributed by atoms with Gasteiger partial charge in [-0.1, -0.05) is 19.4 Å². The summed E-state index contributed by atoms with van der Waals surface area (Å²) in [7, 11) is 1.77. The molecule has 0 heterocycles. The van der Waals surface area contributed by atoms with Gasteiger partial charge in [-0.3, -0.25) is 0 Å². The van der Waals surface area contributed by atoms with Crippen LogP contribution < -0.4 is 4.74 Å². The Morgan fingerprint density at radius 1 is 1.12 bits per heavy atom. The third kappa shape index (κ3) is 2.11. The van der Waals surface area contributed by atoms with Gasteiger partial charge in [-0.2, -0.15) is 0 Å². The Balaban J connectivity index is 1.79. The molecular weight excluding hydrogens is 296 g/mol. The van der Waals surface area contributed by atoms with Crippen LogP contribution in [0.3, 0.4) is 0 Å². The van der Waals surface area contributed by atoms with Gasteiger partial charge in [0.1, 0.15) is 5.75 Å². The fraction of sp³-hybridized carbons (Fsp3) is 0.727. The molecule has 1 aromatic carbocycles. The normalized spacial score (nSPS) is 37.7. The largest absolute Gasteiger partial charge is 0.497 e. The zero-order valence-electron chi connectivity index (χ0n) is 15.9. The smallest absolute Gasteiger partial charge is 0.119 e. The Morgan fingerprint density at radius 2 is 1.92 bits per heavy atom. The van der Waals surface area contributed by atoms with Crippen molar-refractivity contribution in [2.75, 3.05) is 7.11 Å². The molecule has 0 aliphatic heterocycles. The first-order chi connectivity index (χ1) is 11.3. The van der Waals surface area contributed by atoms with Crippen molar-refractivity contribution in [3.63, 3.8) is 0 Å². The highest BCUT2D eigenvalue weighted by molar-refractivity contribution is 5.48. The van der Waals surface area contributed by atoms with Gasteiger partial charge in [0.2, 0.25) is 0 Å². The van der Waals surface area contributed by atoms with Crippen LogP contribution in [0, 0.1) is 11.3 Å². The quantitative estimate of drug-likeness (QED) is 0.736. The van der Waals surface area contributed by atoms with Gasteiger partial charge >= 0.3 is 0 Å². The van der Waals surface area contributed by atoms with E-state index in [-0.39, 0.29) is 11.0 Å². The van der Waals surface area contributed by atoms with E-state index in [1.807, 2.05) is 0 Å². The Kier molecular flexibility index (Phi) is 3.59. The minimum absolute atomic E-state index is 0.0620. The van der Waals surface area contributed by atoms with Crippen LogP contribution in [-0.2, 0) is 16.6 Å². The van der Waals surface area contributed by atoms with Crippen molar-refractivity contribution in [3.8, 4) is 5.75 Å². The summed E-state index contributed by atoms with van der Waals surface area (Å²) in [5.41, 5.74) is 3.67. The molecule has 2 nitrogen and oxygen atoms in total. The zero-order chi connectivity index (χ0) is 17.2. The van der Waals surface area contributed by atoms with Gasteiger partial charge < -0.3 is 9.47 Å². The van der Waals surface area contributed by atoms with Crippen LogP contribution in [0.15, 0.2) is 18.2 Å². The molecular formula is C22H32O2. The lowest BCUT2D eigenvalue weighted by atomic mass is 9.53. The SMILES string of the molecule is COc1ccc2c(c1)C[C@H]1CCC[C@]3(C)[C@@H](OC(C)(C)C)CC[C@]213. The molecule has 4 rings (SSSR count). The number of methoxy groups -OCH3 is 1. The highest BCUT2D eigenvalue weighted by Gasteiger charge is 2.65. The van der Waals surface area contributed by atoms with E-state index in [2.05, 4.69) is 45.9 Å². The number of fused-ring (bicyclic) bond motifs is 1. The van der Waals surface area contributed by atoms with Crippen molar-refractivity contribution in [3.05, 3.63) is 29.3 Å². The van der Waals surface area contributed by atoms with Gasteiger partial charge in [0, 0.05) is 10.8 Å². The first kappa shape index (κ1) is 16.4. The van der Waals surface area contributed by atoms with E-state index in [0.717, 1.165) is 11.7 Å². The summed E-state index contributed by atoms with van der Waals surface area (Å²) >= 11 is 0. The van der Waals surface area contributed by atoms with E-state index >= 15 is 0 Å². The predicted octanol–water partition coefficient (Wildman–Crippen LogP) is 5.27. The van der Waals surface area contributed by atoms with E-state index in [4.69, 9.17) is 9.47 Å². The molecule has 4 atom stereocenters. The third-order valence-corrected chi connectivity index (χ3v) is 7.23. The van der Waals surface area contributed by atoms with E-state index in [0.29, 0.717) is 11.5 Å². The molecule has 0 N–H and O–H groups in total. The minimum atomic E-state index is -0.0620. The van der Waals surface area contributed by atoms with Crippen molar-refractivity contribution >= 4 is 0 Å². The van der Waals surface area contributed by atoms with Crippen molar-refractivity contribution < 1.29 is 9.47 Å². The summed E-state index contributed by atoms with van der Waals surface area (Å²) in [5.74, 6) is 1.79. The van der Waals surface area contributed by atoms with Crippen LogP contribution in [0.5, 0.6) is 5.75 Å². The molecule has 0 unspecified atom stereocenters. The Hall–Kier alpha value is -1.02. The van der Waals surface area contributed by atoms with Gasteiger partial charge in [-0.05, 0) is 82.1 Å². The van der Waals surface area contributed by atoms with Crippen LogP contribution in [-0.4, -0.2) is 18.8 Å². The molecule has 0 bridgehead atoms. The van der Waals surface area contributed by atoms with Crippen LogP contribution in [0.2, 0.25) is 0 Å². The lowest BCUT2D eigenvalue weighted by Crippen LogP contribution is -2.52. The zero-order valence-corrected chi connectivity index (χ0v) is 15.9. The highest BCUT2D eigenvalue weighted by atomic mass is 16.5. The average Bonchev–Trinajstić information content (AvgIpc) is 2.99. The van der Waals surface area contributed by atoms with Crippen LogP contribution >= 0.6 is 0 Å². The summed E-state index contributed by atoms with van der Waals surface area (Å²) in [6.07, 6.45) is 8.12. The van der Waals surface area contributed by atoms with E-state index in [1.165, 1.54) is 44.1 Å². The topological polar surface area (TPSA) is 18.5 Å². The lowest BCUT2D eigenvalue weighted by molar-refractivity contribution is -0.128. The fourth-order valence-corrected chi connectivity index (χ4v) is 6.39. The van der Waals surface area contributed by atoms with Gasteiger partial charge in [-0.25, -0.2) is 0 Å². The van der Waals surface area contributed by atoms with Crippen molar-refractivity contribution in [1.82, 2.24) is 0 Å². The summed E-state index contributed by atoms with van der Waals surface area (Å²) in [6, 6.07) is 6.83. The minimum Gasteiger partial charge on any atom is -0.497 e. The highest BCUT2D eigenvalue weighted by Crippen LogP contribution is 2.68. The molecule has 2 heteroatoms. The van der Waals surface area contributed by atoms with Crippen molar-refractivity contribution in [2.24, 2.45) is 11.3 Å². The Labute approximate surface area is 146 Å². The van der Waals surface area contributed by atoms with Gasteiger partial charge in [0.25, 0.3) is 0 Å². The number of rotatable bonds is 2. The molecule has 0 saturated heterocycles. The molecule has 0 radical (unpaired) electrons. The molecule has 0 aromatic heterocycles. The number of ether oxygens (including phenoxy) is 2. The molecule has 132 valence electrons. The van der Waals surface area contributed by atoms with Gasteiger partial charge in [0.15, 0.2) is 0 Å². The molecule has 3 aliphatic rings. The number of hydrogen-bond acceptors (Lipinski definition) is 2. The van der Waals surface area contributed by atoms with Crippen LogP contribution in [0.25, 0.3) is 0 Å². The van der Waals surface area contributed by atoms with Crippen LogP contribution in [0.1, 0.15) is 70.9 Å². The number of hydrogen-bond donors (Lipinski definition) is 0. The molecule has 2 fully saturated rings. The summed E-state index contributed by atoms with van der Waals surface area (Å²) in [5, 5.41) is 0. The molecule has 1 spiro atoms. The lowest BCUT2D eigenvalue weighted by Gasteiger charge is -2.53. The molecule has 1 aromatic rings. The van der Waals surface area contributed by atoms with E-state index in [1.54, 1.807) is 12.7 Å². The average molecular weight is 328 g/mol. The maximum atomic E-state index is 6.61. The Bertz CT molecular complexity index is 644. The molecule has 2 saturated carbocycles. The van der Waals surface area contributed by atoms with E-state index in [9.17, 15) is 0 Å². The standard InChI is InChI=1S/C22H32O2/c1-20(2,3)24-19-10-12-22-16(7-6-11-21(19,22)4)13-15-14-17(23-5)8-9-18(15)22/h8-9,14,16,19H,6-7,10-13H2,1-5H3/t16-,19+,21-,22-/m1/s1. The summed E-state index contributed by atoms with van der Waals surface area (Å²) in [6.45, 7) is 9.14. The summed E-state index contributed by atoms with van der Waals surface area (Å²) < 4.78 is 12.1. The van der Waals surface area contributed by atoms with E-state index < -0.39 is 0 Å². The molecule has 0 amide bonds. The number of benzene rings is 1. The summed E-state index contributed by atoms with van der Waals surface area (Å²) in [4.78, 5) is 0. The van der Waals surface area contributed by atoms with Gasteiger partial charge in [-0.15, -0.1) is 0 Å². The maximum absolute atomic E-state index is 6.61. The molecule has 3 aliphatic carbocycles.